The lowest BCUT2D eigenvalue weighted by Crippen LogP contribution is -2.45. The number of unbranched alkanes of at least 4 members (excludes halogenated alkanes) is 3. The predicted molar refractivity (Wildman–Crippen MR) is 101 cm³/mol. The van der Waals surface area contributed by atoms with Crippen LogP contribution < -0.4 is 0 Å². The summed E-state index contributed by atoms with van der Waals surface area (Å²) in [5, 5.41) is 0.169. The standard InChI is InChI=1S/C19H40O3Si/c1-10-11-12-13-14-16(15-21-17(20)18(2,3)4)22-23(8,9)19(5,6)7/h16H,10-15H2,1-9H3. The smallest absolute Gasteiger partial charge is 0.311 e. The van der Waals surface area contributed by atoms with Gasteiger partial charge in [0.25, 0.3) is 0 Å². The molecule has 0 heterocycles. The van der Waals surface area contributed by atoms with E-state index >= 15 is 0 Å². The van der Waals surface area contributed by atoms with Gasteiger partial charge in [-0.15, -0.1) is 0 Å². The van der Waals surface area contributed by atoms with Crippen LogP contribution >= 0.6 is 0 Å². The van der Waals surface area contributed by atoms with Crippen LogP contribution in [-0.2, 0) is 14.0 Å². The molecule has 0 aromatic heterocycles. The summed E-state index contributed by atoms with van der Waals surface area (Å²) in [5.41, 5.74) is -0.455. The molecule has 0 N–H and O–H groups in total. The molecule has 0 aliphatic rings. The molecule has 1 atom stereocenters. The van der Waals surface area contributed by atoms with Gasteiger partial charge in [-0.3, -0.25) is 4.79 Å². The normalized spacial score (nSPS) is 14.7. The van der Waals surface area contributed by atoms with Crippen molar-refractivity contribution in [2.75, 3.05) is 6.61 Å². The van der Waals surface area contributed by atoms with Gasteiger partial charge >= 0.3 is 5.97 Å². The minimum atomic E-state index is -1.85. The van der Waals surface area contributed by atoms with E-state index in [9.17, 15) is 4.79 Å². The SMILES string of the molecule is CCCCCCC(COC(=O)C(C)(C)C)O[Si](C)(C)C(C)(C)C. The Kier molecular flexibility index (Phi) is 9.07. The van der Waals surface area contributed by atoms with Gasteiger partial charge in [-0.25, -0.2) is 0 Å². The van der Waals surface area contributed by atoms with E-state index in [-0.39, 0.29) is 17.1 Å². The van der Waals surface area contributed by atoms with Crippen LogP contribution in [-0.4, -0.2) is 27.0 Å². The summed E-state index contributed by atoms with van der Waals surface area (Å²) < 4.78 is 12.0. The molecule has 3 nitrogen and oxygen atoms in total. The van der Waals surface area contributed by atoms with Crippen LogP contribution in [0, 0.1) is 5.41 Å². The van der Waals surface area contributed by atoms with E-state index in [1.165, 1.54) is 19.3 Å². The highest BCUT2D eigenvalue weighted by Gasteiger charge is 2.39. The average molecular weight is 345 g/mol. The van der Waals surface area contributed by atoms with Crippen LogP contribution in [0.5, 0.6) is 0 Å². The molecule has 0 aliphatic heterocycles. The Bertz CT molecular complexity index is 351. The first-order valence-corrected chi connectivity index (χ1v) is 12.1. The molecule has 0 fully saturated rings. The minimum Gasteiger partial charge on any atom is -0.463 e. The number of hydrogen-bond acceptors (Lipinski definition) is 3. The second kappa shape index (κ2) is 9.21. The van der Waals surface area contributed by atoms with E-state index < -0.39 is 13.7 Å². The topological polar surface area (TPSA) is 35.5 Å². The molecule has 0 rings (SSSR count). The van der Waals surface area contributed by atoms with Crippen LogP contribution in [0.3, 0.4) is 0 Å². The fraction of sp³-hybridized carbons (Fsp3) is 0.947. The van der Waals surface area contributed by atoms with E-state index in [4.69, 9.17) is 9.16 Å². The zero-order chi connectivity index (χ0) is 18.3. The molecule has 0 spiro atoms. The van der Waals surface area contributed by atoms with E-state index in [0.29, 0.717) is 6.61 Å². The number of rotatable bonds is 9. The van der Waals surface area contributed by atoms with Crippen molar-refractivity contribution in [3.05, 3.63) is 0 Å². The first kappa shape index (κ1) is 22.6. The lowest BCUT2D eigenvalue weighted by Gasteiger charge is -2.39. The fourth-order valence-electron chi connectivity index (χ4n) is 1.95. The van der Waals surface area contributed by atoms with E-state index in [1.54, 1.807) is 0 Å². The maximum Gasteiger partial charge on any atom is 0.311 e. The molecular formula is C19H40O3Si. The fourth-order valence-corrected chi connectivity index (χ4v) is 3.33. The molecule has 0 amide bonds. The molecule has 23 heavy (non-hydrogen) atoms. The number of ether oxygens (including phenoxy) is 1. The quantitative estimate of drug-likeness (QED) is 0.295. The third-order valence-electron chi connectivity index (χ3n) is 4.66. The summed E-state index contributed by atoms with van der Waals surface area (Å²) in [6.07, 6.45) is 5.85. The highest BCUT2D eigenvalue weighted by atomic mass is 28.4. The number of hydrogen-bond donors (Lipinski definition) is 0. The minimum absolute atomic E-state index is 0.0269. The molecule has 0 saturated heterocycles. The Hall–Kier alpha value is -0.353. The molecule has 0 aromatic rings. The summed E-state index contributed by atoms with van der Waals surface area (Å²) in [7, 11) is -1.85. The lowest BCUT2D eigenvalue weighted by atomic mass is 9.97. The molecule has 0 radical (unpaired) electrons. The van der Waals surface area contributed by atoms with Crippen molar-refractivity contribution in [3.8, 4) is 0 Å². The van der Waals surface area contributed by atoms with Crippen LogP contribution in [0.15, 0.2) is 0 Å². The Labute approximate surface area is 145 Å². The summed E-state index contributed by atoms with van der Waals surface area (Å²) in [6.45, 7) is 19.5. The van der Waals surface area contributed by atoms with Gasteiger partial charge < -0.3 is 9.16 Å². The van der Waals surface area contributed by atoms with Crippen molar-refractivity contribution < 1.29 is 14.0 Å². The highest BCUT2D eigenvalue weighted by Crippen LogP contribution is 2.37. The zero-order valence-corrected chi connectivity index (χ0v) is 18.0. The summed E-state index contributed by atoms with van der Waals surface area (Å²) in [4.78, 5) is 12.0. The van der Waals surface area contributed by atoms with E-state index in [0.717, 1.165) is 12.8 Å². The molecule has 4 heteroatoms. The molecule has 0 bridgehead atoms. The van der Waals surface area contributed by atoms with Gasteiger partial charge in [-0.1, -0.05) is 53.4 Å². The first-order chi connectivity index (χ1) is 10.3. The van der Waals surface area contributed by atoms with Gasteiger partial charge in [0.15, 0.2) is 8.32 Å². The van der Waals surface area contributed by atoms with Gasteiger partial charge in [0.1, 0.15) is 6.61 Å². The van der Waals surface area contributed by atoms with Crippen molar-refractivity contribution in [3.63, 3.8) is 0 Å². The molecule has 1 unspecified atom stereocenters. The Morgan fingerprint density at radius 2 is 1.57 bits per heavy atom. The van der Waals surface area contributed by atoms with Crippen molar-refractivity contribution in [1.29, 1.82) is 0 Å². The third-order valence-corrected chi connectivity index (χ3v) is 9.19. The molecular weight excluding hydrogens is 304 g/mol. The van der Waals surface area contributed by atoms with Gasteiger partial charge in [0, 0.05) is 0 Å². The third kappa shape index (κ3) is 8.90. The van der Waals surface area contributed by atoms with E-state index in [1.807, 2.05) is 20.8 Å². The Balaban J connectivity index is 4.72. The monoisotopic (exact) mass is 344 g/mol. The first-order valence-electron chi connectivity index (χ1n) is 9.16. The predicted octanol–water partition coefficient (Wildman–Crippen LogP) is 5.94. The van der Waals surface area contributed by atoms with Crippen molar-refractivity contribution >= 4 is 14.3 Å². The van der Waals surface area contributed by atoms with Gasteiger partial charge in [-0.2, -0.15) is 0 Å². The van der Waals surface area contributed by atoms with Crippen LogP contribution in [0.4, 0.5) is 0 Å². The molecule has 0 aliphatic carbocycles. The van der Waals surface area contributed by atoms with Crippen LogP contribution in [0.25, 0.3) is 0 Å². The average Bonchev–Trinajstić information content (AvgIpc) is 2.37. The van der Waals surface area contributed by atoms with Crippen molar-refractivity contribution in [2.45, 2.75) is 105 Å². The number of carbonyl (C=O) groups excluding carboxylic acids is 1. The zero-order valence-electron chi connectivity index (χ0n) is 17.0. The Morgan fingerprint density at radius 3 is 2.00 bits per heavy atom. The van der Waals surface area contributed by atoms with Crippen molar-refractivity contribution in [2.24, 2.45) is 5.41 Å². The molecule has 0 saturated carbocycles. The maximum absolute atomic E-state index is 12.0. The summed E-state index contributed by atoms with van der Waals surface area (Å²) in [6, 6.07) is 0. The van der Waals surface area contributed by atoms with Crippen LogP contribution in [0.2, 0.25) is 18.1 Å². The maximum atomic E-state index is 12.0. The lowest BCUT2D eigenvalue weighted by molar-refractivity contribution is -0.155. The summed E-state index contributed by atoms with van der Waals surface area (Å²) in [5.74, 6) is -0.144. The Morgan fingerprint density at radius 1 is 1.00 bits per heavy atom. The second-order valence-corrected chi connectivity index (χ2v) is 14.0. The molecule has 0 aromatic carbocycles. The summed E-state index contributed by atoms with van der Waals surface area (Å²) >= 11 is 0. The molecule has 138 valence electrons. The van der Waals surface area contributed by atoms with Gasteiger partial charge in [-0.05, 0) is 45.3 Å². The number of esters is 1. The second-order valence-electron chi connectivity index (χ2n) is 9.20. The highest BCUT2D eigenvalue weighted by molar-refractivity contribution is 6.74. The van der Waals surface area contributed by atoms with Gasteiger partial charge in [0.05, 0.1) is 11.5 Å². The number of carbonyl (C=O) groups is 1. The van der Waals surface area contributed by atoms with Gasteiger partial charge in [0.2, 0.25) is 0 Å². The van der Waals surface area contributed by atoms with E-state index in [2.05, 4.69) is 40.8 Å². The van der Waals surface area contributed by atoms with Crippen LogP contribution in [0.1, 0.15) is 80.6 Å². The van der Waals surface area contributed by atoms with Crippen molar-refractivity contribution in [1.82, 2.24) is 0 Å². The largest absolute Gasteiger partial charge is 0.463 e.